The van der Waals surface area contributed by atoms with Gasteiger partial charge in [0.1, 0.15) is 11.6 Å². The van der Waals surface area contributed by atoms with E-state index in [1.807, 2.05) is 24.3 Å². The van der Waals surface area contributed by atoms with E-state index in [1.165, 1.54) is 17.1 Å². The molecule has 1 N–H and O–H groups in total. The van der Waals surface area contributed by atoms with Crippen molar-refractivity contribution in [2.45, 2.75) is 6.42 Å². The van der Waals surface area contributed by atoms with Crippen LogP contribution in [0.25, 0.3) is 0 Å². The minimum atomic E-state index is 0.651. The summed E-state index contributed by atoms with van der Waals surface area (Å²) in [4.78, 5) is 4.20. The zero-order chi connectivity index (χ0) is 10.7. The Labute approximate surface area is 96.9 Å². The maximum absolute atomic E-state index is 5.09. The van der Waals surface area contributed by atoms with Crippen LogP contribution in [0.1, 0.15) is 11.4 Å². The van der Waals surface area contributed by atoms with Crippen molar-refractivity contribution < 1.29 is 4.74 Å². The Morgan fingerprint density at radius 1 is 1.40 bits per heavy atom. The number of H-pyrrole nitrogens is 1. The minimum Gasteiger partial charge on any atom is -0.497 e. The number of aromatic amines is 1. The van der Waals surface area contributed by atoms with Gasteiger partial charge in [0.2, 0.25) is 0 Å². The molecule has 0 bridgehead atoms. The molecular weight excluding hydrogens is 228 g/mol. The molecule has 2 aromatic rings. The van der Waals surface area contributed by atoms with E-state index in [2.05, 4.69) is 9.36 Å². The number of nitrogens with one attached hydrogen (secondary N) is 1. The molecule has 5 heteroatoms. The predicted octanol–water partition coefficient (Wildman–Crippen LogP) is 2.80. The molecule has 0 saturated carbocycles. The van der Waals surface area contributed by atoms with Gasteiger partial charge in [0.15, 0.2) is 3.95 Å². The van der Waals surface area contributed by atoms with Crippen molar-refractivity contribution in [2.24, 2.45) is 0 Å². The van der Waals surface area contributed by atoms with Gasteiger partial charge in [-0.25, -0.2) is 4.98 Å². The van der Waals surface area contributed by atoms with Gasteiger partial charge in [0, 0.05) is 6.42 Å². The first kappa shape index (κ1) is 10.3. The number of hydrogen-bond acceptors (Lipinski definition) is 4. The second kappa shape index (κ2) is 4.55. The predicted molar refractivity (Wildman–Crippen MR) is 63.1 cm³/mol. The molecule has 0 aliphatic rings. The van der Waals surface area contributed by atoms with Crippen LogP contribution in [0.4, 0.5) is 0 Å². The summed E-state index contributed by atoms with van der Waals surface area (Å²) in [5.74, 6) is 1.78. The fraction of sp³-hybridized carbons (Fsp3) is 0.200. The number of aromatic nitrogens is 2. The summed E-state index contributed by atoms with van der Waals surface area (Å²) in [5.41, 5.74) is 1.19. The van der Waals surface area contributed by atoms with Crippen molar-refractivity contribution >= 4 is 23.8 Å². The highest BCUT2D eigenvalue weighted by Gasteiger charge is 1.99. The van der Waals surface area contributed by atoms with E-state index in [4.69, 9.17) is 17.0 Å². The number of benzene rings is 1. The summed E-state index contributed by atoms with van der Waals surface area (Å²) >= 11 is 6.33. The highest BCUT2D eigenvalue weighted by Crippen LogP contribution is 2.13. The fourth-order valence-electron chi connectivity index (χ4n) is 1.27. The summed E-state index contributed by atoms with van der Waals surface area (Å²) in [7, 11) is 1.66. The first-order valence-electron chi connectivity index (χ1n) is 4.45. The topological polar surface area (TPSA) is 37.9 Å². The lowest BCUT2D eigenvalue weighted by atomic mass is 10.1. The molecule has 1 aromatic carbocycles. The largest absolute Gasteiger partial charge is 0.497 e. The van der Waals surface area contributed by atoms with Crippen LogP contribution in [-0.4, -0.2) is 16.5 Å². The molecule has 0 aliphatic heterocycles. The van der Waals surface area contributed by atoms with Crippen molar-refractivity contribution in [2.75, 3.05) is 7.11 Å². The van der Waals surface area contributed by atoms with Crippen molar-refractivity contribution in [1.82, 2.24) is 9.36 Å². The molecule has 3 nitrogen and oxygen atoms in total. The summed E-state index contributed by atoms with van der Waals surface area (Å²) in [6, 6.07) is 7.93. The van der Waals surface area contributed by atoms with E-state index in [0.717, 1.165) is 18.0 Å². The van der Waals surface area contributed by atoms with Gasteiger partial charge >= 0.3 is 0 Å². The maximum Gasteiger partial charge on any atom is 0.198 e. The Balaban J connectivity index is 2.14. The SMILES string of the molecule is COc1ccc(Cc2nc(=S)s[nH]2)cc1. The number of rotatable bonds is 3. The molecular formula is C10H10N2OS2. The Bertz CT molecular complexity index is 487. The molecule has 0 saturated heterocycles. The third kappa shape index (κ3) is 2.64. The van der Waals surface area contributed by atoms with Crippen LogP contribution in [0.15, 0.2) is 24.3 Å². The van der Waals surface area contributed by atoms with Gasteiger partial charge in [-0.15, -0.1) is 0 Å². The van der Waals surface area contributed by atoms with Gasteiger partial charge in [-0.3, -0.25) is 4.37 Å². The molecule has 0 radical (unpaired) electrons. The van der Waals surface area contributed by atoms with E-state index in [0.29, 0.717) is 3.95 Å². The lowest BCUT2D eigenvalue weighted by Gasteiger charge is -2.01. The normalized spacial score (nSPS) is 10.2. The van der Waals surface area contributed by atoms with Crippen molar-refractivity contribution in [3.63, 3.8) is 0 Å². The van der Waals surface area contributed by atoms with E-state index >= 15 is 0 Å². The number of nitrogens with zero attached hydrogens (tertiary/aromatic N) is 1. The summed E-state index contributed by atoms with van der Waals surface area (Å²) in [6.45, 7) is 0. The van der Waals surface area contributed by atoms with Crippen LogP contribution in [-0.2, 0) is 6.42 Å². The molecule has 0 amide bonds. The number of hydrogen-bond donors (Lipinski definition) is 1. The standard InChI is InChI=1S/C10H10N2OS2/c1-13-8-4-2-7(3-5-8)6-9-11-10(14)15-12-9/h2-5H,6H2,1H3,(H,11,12,14). The average Bonchev–Trinajstić information content (AvgIpc) is 2.65. The van der Waals surface area contributed by atoms with Crippen molar-refractivity contribution in [1.29, 1.82) is 0 Å². The highest BCUT2D eigenvalue weighted by molar-refractivity contribution is 7.73. The fourth-order valence-corrected chi connectivity index (χ4v) is 1.98. The summed E-state index contributed by atoms with van der Waals surface area (Å²) < 4.78 is 8.81. The Morgan fingerprint density at radius 3 is 2.67 bits per heavy atom. The average molecular weight is 238 g/mol. The highest BCUT2D eigenvalue weighted by atomic mass is 32.2. The minimum absolute atomic E-state index is 0.651. The summed E-state index contributed by atoms with van der Waals surface area (Å²) in [5, 5.41) is 0. The van der Waals surface area contributed by atoms with Gasteiger partial charge in [0.05, 0.1) is 7.11 Å². The van der Waals surface area contributed by atoms with Crippen LogP contribution in [0.3, 0.4) is 0 Å². The molecule has 1 heterocycles. The Hall–Kier alpha value is -1.20. The second-order valence-corrected chi connectivity index (χ2v) is 4.49. The molecule has 0 atom stereocenters. The molecule has 0 unspecified atom stereocenters. The van der Waals surface area contributed by atoms with Gasteiger partial charge in [0.25, 0.3) is 0 Å². The quantitative estimate of drug-likeness (QED) is 0.836. The lowest BCUT2D eigenvalue weighted by molar-refractivity contribution is 0.414. The zero-order valence-electron chi connectivity index (χ0n) is 8.19. The molecule has 78 valence electrons. The van der Waals surface area contributed by atoms with Crippen LogP contribution < -0.4 is 4.74 Å². The second-order valence-electron chi connectivity index (χ2n) is 3.05. The number of methoxy groups -OCH3 is 1. The smallest absolute Gasteiger partial charge is 0.198 e. The Kier molecular flexibility index (Phi) is 3.13. The lowest BCUT2D eigenvalue weighted by Crippen LogP contribution is -1.90. The van der Waals surface area contributed by atoms with Crippen LogP contribution >= 0.6 is 23.8 Å². The molecule has 1 aromatic heterocycles. The van der Waals surface area contributed by atoms with Gasteiger partial charge in [-0.05, 0) is 41.4 Å². The third-order valence-electron chi connectivity index (χ3n) is 2.01. The van der Waals surface area contributed by atoms with Crippen molar-refractivity contribution in [3.8, 4) is 5.75 Å². The van der Waals surface area contributed by atoms with Gasteiger partial charge in [-0.1, -0.05) is 12.1 Å². The Morgan fingerprint density at radius 2 is 2.13 bits per heavy atom. The van der Waals surface area contributed by atoms with E-state index in [-0.39, 0.29) is 0 Å². The third-order valence-corrected chi connectivity index (χ3v) is 2.96. The zero-order valence-corrected chi connectivity index (χ0v) is 9.82. The molecule has 15 heavy (non-hydrogen) atoms. The monoisotopic (exact) mass is 238 g/mol. The van der Waals surface area contributed by atoms with E-state index in [9.17, 15) is 0 Å². The first-order valence-corrected chi connectivity index (χ1v) is 5.68. The van der Waals surface area contributed by atoms with Gasteiger partial charge < -0.3 is 4.74 Å². The molecule has 0 fully saturated rings. The van der Waals surface area contributed by atoms with E-state index in [1.54, 1.807) is 7.11 Å². The molecule has 0 aliphatic carbocycles. The van der Waals surface area contributed by atoms with Gasteiger partial charge in [-0.2, -0.15) is 0 Å². The van der Waals surface area contributed by atoms with Crippen LogP contribution in [0.5, 0.6) is 5.75 Å². The van der Waals surface area contributed by atoms with E-state index < -0.39 is 0 Å². The first-order chi connectivity index (χ1) is 7.28. The van der Waals surface area contributed by atoms with Crippen molar-refractivity contribution in [3.05, 3.63) is 39.6 Å². The maximum atomic E-state index is 5.09. The van der Waals surface area contributed by atoms with Crippen LogP contribution in [0, 0.1) is 3.95 Å². The summed E-state index contributed by atoms with van der Waals surface area (Å²) in [6.07, 6.45) is 0.775. The van der Waals surface area contributed by atoms with Crippen LogP contribution in [0.2, 0.25) is 0 Å². The number of ether oxygens (including phenoxy) is 1. The molecule has 2 rings (SSSR count). The molecule has 0 spiro atoms.